The SMILES string of the molecule is CC(=O)CC[C@@H]1C(=O)[C@H]([C@@H](C)COCc2ccccc2)CC[C@H]1C. The van der Waals surface area contributed by atoms with Gasteiger partial charge in [0.2, 0.25) is 0 Å². The van der Waals surface area contributed by atoms with E-state index < -0.39 is 0 Å². The standard InChI is InChI=1S/C21H30O3/c1-15-9-11-20(21(23)19(15)12-10-17(3)22)16(2)13-24-14-18-7-5-4-6-8-18/h4-8,15-16,19-20H,9-14H2,1-3H3/t15-,16+,19+,20+/m1/s1. The molecule has 0 saturated heterocycles. The molecule has 1 fully saturated rings. The highest BCUT2D eigenvalue weighted by atomic mass is 16.5. The third kappa shape index (κ3) is 5.27. The van der Waals surface area contributed by atoms with Crippen LogP contribution >= 0.6 is 0 Å². The highest BCUT2D eigenvalue weighted by Crippen LogP contribution is 2.37. The summed E-state index contributed by atoms with van der Waals surface area (Å²) in [6.45, 7) is 7.08. The van der Waals surface area contributed by atoms with E-state index in [9.17, 15) is 9.59 Å². The lowest BCUT2D eigenvalue weighted by atomic mass is 9.68. The van der Waals surface area contributed by atoms with Crippen LogP contribution in [0.4, 0.5) is 0 Å². The number of rotatable bonds is 8. The van der Waals surface area contributed by atoms with Gasteiger partial charge in [-0.15, -0.1) is 0 Å². The van der Waals surface area contributed by atoms with Crippen molar-refractivity contribution in [1.82, 2.24) is 0 Å². The van der Waals surface area contributed by atoms with Crippen LogP contribution in [0.2, 0.25) is 0 Å². The van der Waals surface area contributed by atoms with Crippen LogP contribution in [0.1, 0.15) is 52.0 Å². The summed E-state index contributed by atoms with van der Waals surface area (Å²) in [6, 6.07) is 10.1. The third-order valence-corrected chi connectivity index (χ3v) is 5.34. The largest absolute Gasteiger partial charge is 0.376 e. The second-order valence-corrected chi connectivity index (χ2v) is 7.39. The van der Waals surface area contributed by atoms with Gasteiger partial charge in [-0.3, -0.25) is 4.79 Å². The van der Waals surface area contributed by atoms with Gasteiger partial charge in [-0.25, -0.2) is 0 Å². The van der Waals surface area contributed by atoms with Gasteiger partial charge in [0.25, 0.3) is 0 Å². The van der Waals surface area contributed by atoms with Crippen LogP contribution in [0.15, 0.2) is 30.3 Å². The van der Waals surface area contributed by atoms with Crippen molar-refractivity contribution >= 4 is 11.6 Å². The summed E-state index contributed by atoms with van der Waals surface area (Å²) >= 11 is 0. The summed E-state index contributed by atoms with van der Waals surface area (Å²) in [5.41, 5.74) is 1.16. The number of hydrogen-bond donors (Lipinski definition) is 0. The first-order valence-corrected chi connectivity index (χ1v) is 9.14. The molecule has 1 saturated carbocycles. The fraction of sp³-hybridized carbons (Fsp3) is 0.619. The van der Waals surface area contributed by atoms with E-state index in [1.165, 1.54) is 0 Å². The molecule has 1 aromatic rings. The molecule has 0 spiro atoms. The zero-order chi connectivity index (χ0) is 17.5. The summed E-state index contributed by atoms with van der Waals surface area (Å²) in [4.78, 5) is 24.1. The highest BCUT2D eigenvalue weighted by Gasteiger charge is 2.38. The first-order valence-electron chi connectivity index (χ1n) is 9.14. The number of benzene rings is 1. The number of carbonyl (C=O) groups excluding carboxylic acids is 2. The zero-order valence-corrected chi connectivity index (χ0v) is 15.2. The van der Waals surface area contributed by atoms with Gasteiger partial charge in [0.15, 0.2) is 0 Å². The number of Topliss-reactive ketones (excluding diaryl/α,β-unsaturated/α-hetero) is 2. The molecule has 0 bridgehead atoms. The molecule has 24 heavy (non-hydrogen) atoms. The van der Waals surface area contributed by atoms with Crippen molar-refractivity contribution in [3.8, 4) is 0 Å². The third-order valence-electron chi connectivity index (χ3n) is 5.34. The van der Waals surface area contributed by atoms with E-state index in [0.29, 0.717) is 37.8 Å². The lowest BCUT2D eigenvalue weighted by Gasteiger charge is -2.35. The predicted octanol–water partition coefficient (Wildman–Crippen LogP) is 4.44. The summed E-state index contributed by atoms with van der Waals surface area (Å²) in [5.74, 6) is 1.28. The first kappa shape index (κ1) is 18.9. The number of hydrogen-bond acceptors (Lipinski definition) is 3. The Morgan fingerprint density at radius 2 is 1.96 bits per heavy atom. The molecule has 0 amide bonds. The molecule has 0 aromatic heterocycles. The van der Waals surface area contributed by atoms with Crippen molar-refractivity contribution in [1.29, 1.82) is 0 Å². The van der Waals surface area contributed by atoms with Crippen molar-refractivity contribution in [3.63, 3.8) is 0 Å². The van der Waals surface area contributed by atoms with Gasteiger partial charge in [-0.2, -0.15) is 0 Å². The van der Waals surface area contributed by atoms with Gasteiger partial charge in [0.05, 0.1) is 13.2 Å². The Bertz CT molecular complexity index is 537. The van der Waals surface area contributed by atoms with Crippen molar-refractivity contribution in [3.05, 3.63) is 35.9 Å². The normalized spacial score (nSPS) is 25.5. The van der Waals surface area contributed by atoms with E-state index in [-0.39, 0.29) is 23.5 Å². The maximum atomic E-state index is 12.9. The predicted molar refractivity (Wildman–Crippen MR) is 95.6 cm³/mol. The quantitative estimate of drug-likeness (QED) is 0.708. The van der Waals surface area contributed by atoms with E-state index in [0.717, 1.165) is 18.4 Å². The minimum absolute atomic E-state index is 0.0456. The lowest BCUT2D eigenvalue weighted by molar-refractivity contribution is -0.134. The van der Waals surface area contributed by atoms with E-state index in [4.69, 9.17) is 4.74 Å². The van der Waals surface area contributed by atoms with Crippen LogP contribution in [0.25, 0.3) is 0 Å². The molecule has 0 unspecified atom stereocenters. The van der Waals surface area contributed by atoms with Gasteiger partial charge in [0, 0.05) is 18.3 Å². The monoisotopic (exact) mass is 330 g/mol. The Labute approximate surface area is 145 Å². The van der Waals surface area contributed by atoms with Gasteiger partial charge in [-0.05, 0) is 43.6 Å². The van der Waals surface area contributed by atoms with Gasteiger partial charge in [0.1, 0.15) is 11.6 Å². The molecule has 132 valence electrons. The molecule has 1 aromatic carbocycles. The molecule has 1 aliphatic rings. The van der Waals surface area contributed by atoms with E-state index in [1.807, 2.05) is 18.2 Å². The smallest absolute Gasteiger partial charge is 0.139 e. The molecule has 2 rings (SSSR count). The number of ether oxygens (including phenoxy) is 1. The summed E-state index contributed by atoms with van der Waals surface area (Å²) in [5, 5.41) is 0. The number of carbonyl (C=O) groups is 2. The highest BCUT2D eigenvalue weighted by molar-refractivity contribution is 5.85. The molecular weight excluding hydrogens is 300 g/mol. The van der Waals surface area contributed by atoms with E-state index >= 15 is 0 Å². The Hall–Kier alpha value is -1.48. The van der Waals surface area contributed by atoms with Crippen molar-refractivity contribution in [2.24, 2.45) is 23.7 Å². The van der Waals surface area contributed by atoms with E-state index in [1.54, 1.807) is 6.92 Å². The average Bonchev–Trinajstić information content (AvgIpc) is 2.55. The molecule has 3 nitrogen and oxygen atoms in total. The Balaban J connectivity index is 1.85. The second-order valence-electron chi connectivity index (χ2n) is 7.39. The van der Waals surface area contributed by atoms with Crippen molar-refractivity contribution in [2.75, 3.05) is 6.61 Å². The first-order chi connectivity index (χ1) is 11.5. The summed E-state index contributed by atoms with van der Waals surface area (Å²) in [6.07, 6.45) is 3.25. The topological polar surface area (TPSA) is 43.4 Å². The van der Waals surface area contributed by atoms with Gasteiger partial charge in [-0.1, -0.05) is 44.2 Å². The lowest BCUT2D eigenvalue weighted by Crippen LogP contribution is -2.38. The number of ketones is 2. The van der Waals surface area contributed by atoms with Crippen molar-refractivity contribution in [2.45, 2.75) is 53.1 Å². The van der Waals surface area contributed by atoms with Crippen LogP contribution in [-0.2, 0) is 20.9 Å². The maximum absolute atomic E-state index is 12.9. The van der Waals surface area contributed by atoms with Crippen LogP contribution in [0.5, 0.6) is 0 Å². The summed E-state index contributed by atoms with van der Waals surface area (Å²) in [7, 11) is 0. The molecule has 0 radical (unpaired) electrons. The summed E-state index contributed by atoms with van der Waals surface area (Å²) < 4.78 is 5.84. The van der Waals surface area contributed by atoms with Crippen LogP contribution in [0.3, 0.4) is 0 Å². The minimum Gasteiger partial charge on any atom is -0.376 e. The second kappa shape index (κ2) is 9.12. The average molecular weight is 330 g/mol. The molecule has 4 atom stereocenters. The molecule has 0 aliphatic heterocycles. The molecule has 0 N–H and O–H groups in total. The van der Waals surface area contributed by atoms with E-state index in [2.05, 4.69) is 26.0 Å². The minimum atomic E-state index is 0.0456. The Morgan fingerprint density at radius 1 is 1.25 bits per heavy atom. The van der Waals surface area contributed by atoms with Crippen LogP contribution < -0.4 is 0 Å². The van der Waals surface area contributed by atoms with Gasteiger partial charge < -0.3 is 9.53 Å². The fourth-order valence-electron chi connectivity index (χ4n) is 3.74. The Morgan fingerprint density at radius 3 is 2.62 bits per heavy atom. The van der Waals surface area contributed by atoms with Crippen molar-refractivity contribution < 1.29 is 14.3 Å². The molecular formula is C21H30O3. The molecule has 3 heteroatoms. The Kier molecular flexibility index (Phi) is 7.16. The zero-order valence-electron chi connectivity index (χ0n) is 15.2. The van der Waals surface area contributed by atoms with Gasteiger partial charge >= 0.3 is 0 Å². The fourth-order valence-corrected chi connectivity index (χ4v) is 3.74. The molecule has 0 heterocycles. The van der Waals surface area contributed by atoms with Crippen LogP contribution in [0, 0.1) is 23.7 Å². The van der Waals surface area contributed by atoms with Crippen LogP contribution in [-0.4, -0.2) is 18.2 Å². The molecule has 1 aliphatic carbocycles. The maximum Gasteiger partial charge on any atom is 0.139 e.